The Morgan fingerprint density at radius 3 is 1.69 bits per heavy atom. The standard InChI is InChI=1S/C48H37N/c1-47(2)43-16-10-9-15-39(43)40-23-20-36(29-46(40)47)49(34-19-22-38-33(25-34)18-17-30-11-7-8-14-37(30)38)35-21-24-44-42(28-35)41-26-31-12-5-6-13-32(31)27-45(41)48(44,3)4/h5-29H,1-4H3. The molecular formula is C48H37N. The largest absolute Gasteiger partial charge is 0.310 e. The number of hydrogen-bond acceptors (Lipinski definition) is 1. The minimum absolute atomic E-state index is 0.0779. The van der Waals surface area contributed by atoms with Gasteiger partial charge in [0.25, 0.3) is 0 Å². The normalized spacial score (nSPS) is 14.9. The van der Waals surface area contributed by atoms with E-state index in [-0.39, 0.29) is 10.8 Å². The highest BCUT2D eigenvalue weighted by atomic mass is 15.1. The summed E-state index contributed by atoms with van der Waals surface area (Å²) < 4.78 is 0. The zero-order chi connectivity index (χ0) is 33.1. The van der Waals surface area contributed by atoms with Crippen molar-refractivity contribution in [1.29, 1.82) is 0 Å². The lowest BCUT2D eigenvalue weighted by Gasteiger charge is -2.29. The van der Waals surface area contributed by atoms with Crippen molar-refractivity contribution in [2.45, 2.75) is 38.5 Å². The van der Waals surface area contributed by atoms with Gasteiger partial charge in [-0.05, 0) is 125 Å². The molecule has 0 aromatic heterocycles. The minimum Gasteiger partial charge on any atom is -0.310 e. The molecule has 0 bridgehead atoms. The summed E-state index contributed by atoms with van der Waals surface area (Å²) in [7, 11) is 0. The first-order chi connectivity index (χ1) is 23.8. The van der Waals surface area contributed by atoms with Gasteiger partial charge in [-0.25, -0.2) is 0 Å². The van der Waals surface area contributed by atoms with Gasteiger partial charge in [-0.3, -0.25) is 0 Å². The van der Waals surface area contributed by atoms with E-state index in [2.05, 4.69) is 184 Å². The van der Waals surface area contributed by atoms with Crippen LogP contribution in [0, 0.1) is 0 Å². The molecule has 0 N–H and O–H groups in total. The number of rotatable bonds is 3. The highest BCUT2D eigenvalue weighted by molar-refractivity contribution is 6.08. The molecule has 1 heteroatoms. The van der Waals surface area contributed by atoms with Gasteiger partial charge in [0.15, 0.2) is 0 Å². The van der Waals surface area contributed by atoms with E-state index < -0.39 is 0 Å². The predicted molar refractivity (Wildman–Crippen MR) is 209 cm³/mol. The maximum absolute atomic E-state index is 2.47. The van der Waals surface area contributed by atoms with Gasteiger partial charge in [0.1, 0.15) is 0 Å². The molecule has 234 valence electrons. The first-order valence-corrected chi connectivity index (χ1v) is 17.4. The van der Waals surface area contributed by atoms with Gasteiger partial charge in [0, 0.05) is 27.9 Å². The smallest absolute Gasteiger partial charge is 0.0468 e. The van der Waals surface area contributed by atoms with E-state index in [0.29, 0.717) is 0 Å². The average Bonchev–Trinajstić information content (AvgIpc) is 3.49. The Morgan fingerprint density at radius 1 is 0.327 bits per heavy atom. The molecule has 49 heavy (non-hydrogen) atoms. The molecule has 0 atom stereocenters. The van der Waals surface area contributed by atoms with Crippen molar-refractivity contribution in [3.05, 3.63) is 174 Å². The van der Waals surface area contributed by atoms with Gasteiger partial charge in [-0.15, -0.1) is 0 Å². The topological polar surface area (TPSA) is 3.24 Å². The maximum Gasteiger partial charge on any atom is 0.0468 e. The Morgan fingerprint density at radius 2 is 0.857 bits per heavy atom. The van der Waals surface area contributed by atoms with Crippen LogP contribution in [0.15, 0.2) is 152 Å². The summed E-state index contributed by atoms with van der Waals surface area (Å²) >= 11 is 0. The second kappa shape index (κ2) is 9.94. The third-order valence-corrected chi connectivity index (χ3v) is 11.6. The molecule has 10 rings (SSSR count). The number of fused-ring (bicyclic) bond motifs is 10. The zero-order valence-electron chi connectivity index (χ0n) is 28.4. The van der Waals surface area contributed by atoms with Gasteiger partial charge in [0.05, 0.1) is 0 Å². The highest BCUT2D eigenvalue weighted by Crippen LogP contribution is 2.53. The van der Waals surface area contributed by atoms with Crippen molar-refractivity contribution in [3.63, 3.8) is 0 Å². The van der Waals surface area contributed by atoms with Crippen molar-refractivity contribution in [2.75, 3.05) is 4.90 Å². The fraction of sp³-hybridized carbons (Fsp3) is 0.125. The van der Waals surface area contributed by atoms with Crippen LogP contribution in [-0.4, -0.2) is 0 Å². The second-order valence-electron chi connectivity index (χ2n) is 15.0. The molecule has 0 saturated carbocycles. The van der Waals surface area contributed by atoms with Crippen LogP contribution >= 0.6 is 0 Å². The summed E-state index contributed by atoms with van der Waals surface area (Å²) in [6, 6.07) is 56.9. The number of anilines is 3. The van der Waals surface area contributed by atoms with Gasteiger partial charge in [-0.1, -0.05) is 131 Å². The van der Waals surface area contributed by atoms with E-state index >= 15 is 0 Å². The second-order valence-corrected chi connectivity index (χ2v) is 15.0. The molecule has 2 aliphatic carbocycles. The van der Waals surface area contributed by atoms with Crippen molar-refractivity contribution in [3.8, 4) is 22.3 Å². The Hall–Kier alpha value is -5.66. The van der Waals surface area contributed by atoms with Crippen molar-refractivity contribution < 1.29 is 0 Å². The summed E-state index contributed by atoms with van der Waals surface area (Å²) in [5.41, 5.74) is 14.3. The van der Waals surface area contributed by atoms with Crippen LogP contribution in [0.4, 0.5) is 17.1 Å². The number of hydrogen-bond donors (Lipinski definition) is 0. The third-order valence-electron chi connectivity index (χ3n) is 11.6. The van der Waals surface area contributed by atoms with E-state index in [1.165, 1.54) is 88.2 Å². The molecule has 0 fully saturated rings. The van der Waals surface area contributed by atoms with Crippen LogP contribution in [0.25, 0.3) is 54.6 Å². The van der Waals surface area contributed by atoms with E-state index in [9.17, 15) is 0 Å². The van der Waals surface area contributed by atoms with E-state index in [1.807, 2.05) is 0 Å². The van der Waals surface area contributed by atoms with Crippen LogP contribution in [-0.2, 0) is 10.8 Å². The summed E-state index contributed by atoms with van der Waals surface area (Å²) in [6.07, 6.45) is 0. The average molecular weight is 628 g/mol. The minimum atomic E-state index is -0.0855. The lowest BCUT2D eigenvalue weighted by Crippen LogP contribution is -2.17. The first-order valence-electron chi connectivity index (χ1n) is 17.4. The van der Waals surface area contributed by atoms with Crippen LogP contribution in [0.3, 0.4) is 0 Å². The quantitative estimate of drug-likeness (QED) is 0.176. The number of nitrogens with zero attached hydrogens (tertiary/aromatic N) is 1. The first kappa shape index (κ1) is 28.4. The molecular weight excluding hydrogens is 591 g/mol. The summed E-state index contributed by atoms with van der Waals surface area (Å²) in [4.78, 5) is 2.47. The van der Waals surface area contributed by atoms with Crippen LogP contribution in [0.2, 0.25) is 0 Å². The molecule has 0 radical (unpaired) electrons. The Balaban J connectivity index is 1.20. The molecule has 0 amide bonds. The van der Waals surface area contributed by atoms with E-state index in [1.54, 1.807) is 0 Å². The van der Waals surface area contributed by atoms with Gasteiger partial charge >= 0.3 is 0 Å². The van der Waals surface area contributed by atoms with Crippen LogP contribution in [0.5, 0.6) is 0 Å². The molecule has 1 nitrogen and oxygen atoms in total. The summed E-state index contributed by atoms with van der Waals surface area (Å²) in [6.45, 7) is 9.48. The predicted octanol–water partition coefficient (Wildman–Crippen LogP) is 13.2. The molecule has 8 aromatic rings. The lowest BCUT2D eigenvalue weighted by molar-refractivity contribution is 0.660. The fourth-order valence-electron chi connectivity index (χ4n) is 8.98. The molecule has 0 spiro atoms. The fourth-order valence-corrected chi connectivity index (χ4v) is 8.98. The highest BCUT2D eigenvalue weighted by Gasteiger charge is 2.38. The van der Waals surface area contributed by atoms with Crippen LogP contribution < -0.4 is 4.90 Å². The summed E-state index contributed by atoms with van der Waals surface area (Å²) in [5, 5.41) is 7.67. The van der Waals surface area contributed by atoms with Gasteiger partial charge in [0.2, 0.25) is 0 Å². The molecule has 0 saturated heterocycles. The van der Waals surface area contributed by atoms with Gasteiger partial charge in [-0.2, -0.15) is 0 Å². The SMILES string of the molecule is CC1(C)c2ccccc2-c2ccc(N(c3ccc4c(c3)-c3cc5ccccc5cc3C4(C)C)c3ccc4c(ccc5ccccc54)c3)cc21. The molecule has 8 aromatic carbocycles. The molecule has 0 unspecified atom stereocenters. The monoisotopic (exact) mass is 627 g/mol. The van der Waals surface area contributed by atoms with Gasteiger partial charge < -0.3 is 4.90 Å². The lowest BCUT2D eigenvalue weighted by atomic mass is 9.82. The summed E-state index contributed by atoms with van der Waals surface area (Å²) in [5.74, 6) is 0. The van der Waals surface area contributed by atoms with Crippen molar-refractivity contribution in [1.82, 2.24) is 0 Å². The zero-order valence-corrected chi connectivity index (χ0v) is 28.4. The van der Waals surface area contributed by atoms with E-state index in [0.717, 1.165) is 5.69 Å². The Kier molecular flexibility index (Phi) is 5.75. The van der Waals surface area contributed by atoms with Crippen molar-refractivity contribution in [2.24, 2.45) is 0 Å². The Bertz CT molecular complexity index is 2670. The third kappa shape index (κ3) is 3.99. The van der Waals surface area contributed by atoms with Crippen LogP contribution in [0.1, 0.15) is 49.9 Å². The van der Waals surface area contributed by atoms with Crippen molar-refractivity contribution >= 4 is 49.4 Å². The van der Waals surface area contributed by atoms with E-state index in [4.69, 9.17) is 0 Å². The molecule has 0 heterocycles. The number of benzene rings is 8. The Labute approximate surface area is 288 Å². The maximum atomic E-state index is 2.47. The molecule has 2 aliphatic rings. The molecule has 0 aliphatic heterocycles.